The Bertz CT molecular complexity index is 600. The first-order valence-corrected chi connectivity index (χ1v) is 8.05. The highest BCUT2D eigenvalue weighted by Gasteiger charge is 1.85. The van der Waals surface area contributed by atoms with Crippen LogP contribution in [0.4, 0.5) is 0 Å². The molecule has 0 aromatic carbocycles. The fourth-order valence-electron chi connectivity index (χ4n) is 1.65. The summed E-state index contributed by atoms with van der Waals surface area (Å²) in [5.74, 6) is 25.2. The molecule has 0 bridgehead atoms. The van der Waals surface area contributed by atoms with E-state index in [1.807, 2.05) is 6.08 Å². The fourth-order valence-corrected chi connectivity index (χ4v) is 1.65. The van der Waals surface area contributed by atoms with E-state index in [9.17, 15) is 0 Å². The first-order chi connectivity index (χ1) is 11.4. The highest BCUT2D eigenvalue weighted by molar-refractivity contribution is 5.35. The number of hydrogen-bond acceptors (Lipinski definition) is 1. The van der Waals surface area contributed by atoms with Gasteiger partial charge in [0.05, 0.1) is 0 Å². The van der Waals surface area contributed by atoms with Crippen LogP contribution in [0, 0.1) is 59.7 Å². The molecule has 1 heteroatoms. The lowest BCUT2D eigenvalue weighted by Gasteiger charge is -1.91. The molecule has 0 aliphatic rings. The van der Waals surface area contributed by atoms with Gasteiger partial charge in [0, 0.05) is 19.3 Å². The van der Waals surface area contributed by atoms with Gasteiger partial charge in [0.15, 0.2) is 0 Å². The minimum absolute atomic E-state index is 0.0448. The van der Waals surface area contributed by atoms with Gasteiger partial charge in [-0.1, -0.05) is 36.2 Å². The van der Waals surface area contributed by atoms with Crippen molar-refractivity contribution in [2.75, 3.05) is 6.61 Å². The molecule has 0 saturated heterocycles. The standard InChI is InChI=1S/C22H24O/c1-2-3-4-5-6-7-8-9-10-11-12-13-14-15-16-17-18-19-20-21-22-23/h1,3-4,23H,5-8,15-19,22H2/b4-3-. The SMILES string of the molecule is C#C/C=C\CCCCC#CC#CC#CCCCCCC#CCO. The molecule has 0 aliphatic carbocycles. The van der Waals surface area contributed by atoms with Crippen LogP contribution < -0.4 is 0 Å². The minimum Gasteiger partial charge on any atom is -0.384 e. The Morgan fingerprint density at radius 2 is 1.30 bits per heavy atom. The molecule has 0 aromatic heterocycles. The van der Waals surface area contributed by atoms with Crippen LogP contribution >= 0.6 is 0 Å². The Morgan fingerprint density at radius 3 is 1.91 bits per heavy atom. The molecule has 0 heterocycles. The Hall–Kier alpha value is -2.50. The second kappa shape index (κ2) is 19.5. The number of aliphatic hydroxyl groups excluding tert-OH is 1. The van der Waals surface area contributed by atoms with E-state index in [-0.39, 0.29) is 6.61 Å². The molecule has 0 radical (unpaired) electrons. The number of terminal acetylenes is 1. The maximum atomic E-state index is 8.49. The molecule has 0 atom stereocenters. The molecule has 0 fully saturated rings. The van der Waals surface area contributed by atoms with Gasteiger partial charge in [-0.2, -0.15) is 0 Å². The number of hydrogen-bond donors (Lipinski definition) is 1. The minimum atomic E-state index is -0.0448. The van der Waals surface area contributed by atoms with Crippen molar-refractivity contribution in [3.05, 3.63) is 12.2 Å². The Kier molecular flexibility index (Phi) is 17.4. The van der Waals surface area contributed by atoms with Gasteiger partial charge in [-0.3, -0.25) is 0 Å². The predicted octanol–water partition coefficient (Wildman–Crippen LogP) is 3.69. The third-order valence-electron chi connectivity index (χ3n) is 2.81. The molecule has 1 nitrogen and oxygen atoms in total. The Balaban J connectivity index is 3.54. The molecule has 0 amide bonds. The molecule has 0 saturated carbocycles. The molecule has 0 spiro atoms. The predicted molar refractivity (Wildman–Crippen MR) is 97.7 cm³/mol. The molecule has 0 unspecified atom stereocenters. The van der Waals surface area contributed by atoms with Gasteiger partial charge >= 0.3 is 0 Å². The van der Waals surface area contributed by atoms with E-state index >= 15 is 0 Å². The zero-order valence-electron chi connectivity index (χ0n) is 13.8. The summed E-state index contributed by atoms with van der Waals surface area (Å²) >= 11 is 0. The summed E-state index contributed by atoms with van der Waals surface area (Å²) in [6.07, 6.45) is 17.8. The second-order valence-electron chi connectivity index (χ2n) is 4.74. The van der Waals surface area contributed by atoms with Crippen LogP contribution in [0.15, 0.2) is 12.2 Å². The van der Waals surface area contributed by atoms with Gasteiger partial charge in [0.1, 0.15) is 6.61 Å². The monoisotopic (exact) mass is 304 g/mol. The zero-order chi connectivity index (χ0) is 16.8. The molecular weight excluding hydrogens is 280 g/mol. The van der Waals surface area contributed by atoms with Crippen molar-refractivity contribution >= 4 is 0 Å². The number of unbranched alkanes of at least 4 members (excludes halogenated alkanes) is 7. The highest BCUT2D eigenvalue weighted by atomic mass is 16.2. The smallest absolute Gasteiger partial charge is 0.104 e. The van der Waals surface area contributed by atoms with E-state index in [0.717, 1.165) is 57.8 Å². The van der Waals surface area contributed by atoms with Gasteiger partial charge < -0.3 is 5.11 Å². The summed E-state index contributed by atoms with van der Waals surface area (Å²) in [7, 11) is 0. The lowest BCUT2D eigenvalue weighted by atomic mass is 10.1. The van der Waals surface area contributed by atoms with E-state index in [4.69, 9.17) is 11.5 Å². The zero-order valence-corrected chi connectivity index (χ0v) is 13.8. The van der Waals surface area contributed by atoms with Crippen molar-refractivity contribution in [2.24, 2.45) is 0 Å². The largest absolute Gasteiger partial charge is 0.384 e. The topological polar surface area (TPSA) is 20.2 Å². The van der Waals surface area contributed by atoms with Crippen LogP contribution in [-0.4, -0.2) is 11.7 Å². The Labute approximate surface area is 142 Å². The third-order valence-corrected chi connectivity index (χ3v) is 2.81. The lowest BCUT2D eigenvalue weighted by Crippen LogP contribution is -1.76. The van der Waals surface area contributed by atoms with Crippen LogP contribution in [0.1, 0.15) is 57.8 Å². The summed E-state index contributed by atoms with van der Waals surface area (Å²) in [5.41, 5.74) is 0. The van der Waals surface area contributed by atoms with Gasteiger partial charge in [0.2, 0.25) is 0 Å². The van der Waals surface area contributed by atoms with Crippen LogP contribution in [0.3, 0.4) is 0 Å². The lowest BCUT2D eigenvalue weighted by molar-refractivity contribution is 0.350. The summed E-state index contributed by atoms with van der Waals surface area (Å²) in [5, 5.41) is 8.49. The van der Waals surface area contributed by atoms with E-state index < -0.39 is 0 Å². The first-order valence-electron chi connectivity index (χ1n) is 8.05. The van der Waals surface area contributed by atoms with E-state index in [0.29, 0.717) is 0 Å². The molecule has 23 heavy (non-hydrogen) atoms. The van der Waals surface area contributed by atoms with Crippen molar-refractivity contribution in [3.63, 3.8) is 0 Å². The molecule has 0 rings (SSSR count). The van der Waals surface area contributed by atoms with Gasteiger partial charge in [-0.25, -0.2) is 0 Å². The average molecular weight is 304 g/mol. The number of rotatable bonds is 8. The van der Waals surface area contributed by atoms with Crippen molar-refractivity contribution in [2.45, 2.75) is 57.8 Å². The molecule has 0 aromatic rings. The second-order valence-corrected chi connectivity index (χ2v) is 4.74. The quantitative estimate of drug-likeness (QED) is 0.535. The molecule has 1 N–H and O–H groups in total. The molecule has 118 valence electrons. The van der Waals surface area contributed by atoms with Gasteiger partial charge in [-0.05, 0) is 61.9 Å². The van der Waals surface area contributed by atoms with Gasteiger partial charge in [-0.15, -0.1) is 12.3 Å². The third kappa shape index (κ3) is 19.5. The van der Waals surface area contributed by atoms with Crippen molar-refractivity contribution < 1.29 is 5.11 Å². The highest BCUT2D eigenvalue weighted by Crippen LogP contribution is 2.01. The summed E-state index contributed by atoms with van der Waals surface area (Å²) in [6, 6.07) is 0. The normalized spacial score (nSPS) is 8.35. The molecular formula is C22H24O. The van der Waals surface area contributed by atoms with E-state index in [1.54, 1.807) is 6.08 Å². The van der Waals surface area contributed by atoms with Crippen LogP contribution in [0.25, 0.3) is 0 Å². The fraction of sp³-hybridized carbons (Fsp3) is 0.455. The van der Waals surface area contributed by atoms with Crippen molar-refractivity contribution in [1.82, 2.24) is 0 Å². The van der Waals surface area contributed by atoms with Crippen molar-refractivity contribution in [1.29, 1.82) is 0 Å². The Morgan fingerprint density at radius 1 is 0.696 bits per heavy atom. The van der Waals surface area contributed by atoms with Crippen LogP contribution in [-0.2, 0) is 0 Å². The number of allylic oxidation sites excluding steroid dienone is 2. The van der Waals surface area contributed by atoms with Gasteiger partial charge in [0.25, 0.3) is 0 Å². The maximum absolute atomic E-state index is 8.49. The average Bonchev–Trinajstić information content (AvgIpc) is 2.57. The van der Waals surface area contributed by atoms with E-state index in [1.165, 1.54) is 0 Å². The first kappa shape index (κ1) is 20.5. The summed E-state index contributed by atoms with van der Waals surface area (Å²) in [4.78, 5) is 0. The van der Waals surface area contributed by atoms with Crippen molar-refractivity contribution in [3.8, 4) is 59.7 Å². The van der Waals surface area contributed by atoms with E-state index in [2.05, 4.69) is 53.3 Å². The van der Waals surface area contributed by atoms with Crippen LogP contribution in [0.2, 0.25) is 0 Å². The van der Waals surface area contributed by atoms with Crippen LogP contribution in [0.5, 0.6) is 0 Å². The molecule has 0 aliphatic heterocycles. The summed E-state index contributed by atoms with van der Waals surface area (Å²) < 4.78 is 0. The number of aliphatic hydroxyl groups is 1. The summed E-state index contributed by atoms with van der Waals surface area (Å²) in [6.45, 7) is -0.0448. The maximum Gasteiger partial charge on any atom is 0.104 e.